The van der Waals surface area contributed by atoms with Gasteiger partial charge in [-0.15, -0.1) is 0 Å². The Morgan fingerprint density at radius 1 is 1.26 bits per heavy atom. The van der Waals surface area contributed by atoms with Gasteiger partial charge in [-0.3, -0.25) is 0 Å². The van der Waals surface area contributed by atoms with E-state index in [1.807, 2.05) is 24.3 Å². The summed E-state index contributed by atoms with van der Waals surface area (Å²) in [7, 11) is 0. The number of ether oxygens (including phenoxy) is 1. The van der Waals surface area contributed by atoms with Crippen molar-refractivity contribution >= 4 is 5.97 Å². The summed E-state index contributed by atoms with van der Waals surface area (Å²) in [6.45, 7) is 6.45. The van der Waals surface area contributed by atoms with Crippen LogP contribution in [0.2, 0.25) is 0 Å². The average molecular weight is 260 g/mol. The van der Waals surface area contributed by atoms with Crippen molar-refractivity contribution in [1.82, 2.24) is 0 Å². The second-order valence-corrected chi connectivity index (χ2v) is 6.04. The molecule has 2 unspecified atom stereocenters. The van der Waals surface area contributed by atoms with Crippen molar-refractivity contribution in [2.75, 3.05) is 0 Å². The molecule has 0 saturated heterocycles. The molecule has 1 aromatic rings. The van der Waals surface area contributed by atoms with Crippen molar-refractivity contribution in [1.29, 1.82) is 0 Å². The smallest absolute Gasteiger partial charge is 0.338 e. The maximum absolute atomic E-state index is 12.3. The molecular formula is C17H24O2. The van der Waals surface area contributed by atoms with E-state index in [4.69, 9.17) is 4.74 Å². The number of esters is 1. The minimum atomic E-state index is -0.150. The summed E-state index contributed by atoms with van der Waals surface area (Å²) in [4.78, 5) is 12.3. The van der Waals surface area contributed by atoms with Gasteiger partial charge in [0.05, 0.1) is 5.56 Å². The van der Waals surface area contributed by atoms with Gasteiger partial charge >= 0.3 is 5.97 Å². The standard InChI is InChI=1S/C17H24O2/c1-12(2)15-9-4-5-10-16(15)17(18)19-14-8-6-7-13(3)11-14/h4-5,9-10,12-14H,6-8,11H2,1-3H3. The molecule has 0 aromatic heterocycles. The maximum Gasteiger partial charge on any atom is 0.338 e. The maximum atomic E-state index is 12.3. The Kier molecular flexibility index (Phi) is 4.62. The van der Waals surface area contributed by atoms with E-state index in [0.717, 1.165) is 24.0 Å². The lowest BCUT2D eigenvalue weighted by molar-refractivity contribution is 0.0153. The van der Waals surface area contributed by atoms with Gasteiger partial charge in [-0.1, -0.05) is 45.4 Å². The van der Waals surface area contributed by atoms with Gasteiger partial charge < -0.3 is 4.74 Å². The van der Waals surface area contributed by atoms with Crippen LogP contribution >= 0.6 is 0 Å². The molecule has 19 heavy (non-hydrogen) atoms. The normalized spacial score (nSPS) is 23.4. The Labute approximate surface area is 116 Å². The molecule has 1 aliphatic carbocycles. The van der Waals surface area contributed by atoms with Gasteiger partial charge in [0, 0.05) is 0 Å². The Bertz CT molecular complexity index is 437. The molecule has 2 nitrogen and oxygen atoms in total. The summed E-state index contributed by atoms with van der Waals surface area (Å²) in [5.74, 6) is 0.865. The average Bonchev–Trinajstić information content (AvgIpc) is 2.38. The van der Waals surface area contributed by atoms with E-state index < -0.39 is 0 Å². The first-order valence-corrected chi connectivity index (χ1v) is 7.38. The topological polar surface area (TPSA) is 26.3 Å². The zero-order chi connectivity index (χ0) is 13.8. The lowest BCUT2D eigenvalue weighted by Crippen LogP contribution is -2.25. The molecule has 0 radical (unpaired) electrons. The summed E-state index contributed by atoms with van der Waals surface area (Å²) in [6, 6.07) is 7.79. The van der Waals surface area contributed by atoms with Gasteiger partial charge in [0.15, 0.2) is 0 Å². The monoisotopic (exact) mass is 260 g/mol. The van der Waals surface area contributed by atoms with E-state index in [2.05, 4.69) is 20.8 Å². The molecular weight excluding hydrogens is 236 g/mol. The molecule has 0 N–H and O–H groups in total. The molecule has 1 aromatic carbocycles. The number of carbonyl (C=O) groups excluding carboxylic acids is 1. The van der Waals surface area contributed by atoms with Gasteiger partial charge in [-0.05, 0) is 42.7 Å². The molecule has 0 heterocycles. The van der Waals surface area contributed by atoms with Gasteiger partial charge in [-0.2, -0.15) is 0 Å². The van der Waals surface area contributed by atoms with Crippen LogP contribution in [0.1, 0.15) is 68.3 Å². The quantitative estimate of drug-likeness (QED) is 0.745. The molecule has 104 valence electrons. The molecule has 0 amide bonds. The molecule has 2 atom stereocenters. The van der Waals surface area contributed by atoms with E-state index in [1.165, 1.54) is 12.8 Å². The zero-order valence-electron chi connectivity index (χ0n) is 12.2. The number of hydrogen-bond donors (Lipinski definition) is 0. The molecule has 1 fully saturated rings. The van der Waals surface area contributed by atoms with E-state index in [9.17, 15) is 4.79 Å². The second kappa shape index (κ2) is 6.23. The summed E-state index contributed by atoms with van der Waals surface area (Å²) < 4.78 is 5.70. The second-order valence-electron chi connectivity index (χ2n) is 6.04. The third-order valence-electron chi connectivity index (χ3n) is 3.96. The predicted octanol–water partition coefficient (Wildman–Crippen LogP) is 4.55. The lowest BCUT2D eigenvalue weighted by atomic mass is 9.88. The lowest BCUT2D eigenvalue weighted by Gasteiger charge is -2.27. The Balaban J connectivity index is 2.07. The van der Waals surface area contributed by atoms with Crippen molar-refractivity contribution in [3.8, 4) is 0 Å². The van der Waals surface area contributed by atoms with Crippen molar-refractivity contribution in [2.24, 2.45) is 5.92 Å². The van der Waals surface area contributed by atoms with Crippen molar-refractivity contribution in [2.45, 2.75) is 58.5 Å². The van der Waals surface area contributed by atoms with Gasteiger partial charge in [0.25, 0.3) is 0 Å². The predicted molar refractivity (Wildman–Crippen MR) is 77.4 cm³/mol. The number of hydrogen-bond acceptors (Lipinski definition) is 2. The third kappa shape index (κ3) is 3.59. The number of rotatable bonds is 3. The van der Waals surface area contributed by atoms with Crippen LogP contribution in [0.15, 0.2) is 24.3 Å². The van der Waals surface area contributed by atoms with E-state index >= 15 is 0 Å². The van der Waals surface area contributed by atoms with E-state index in [-0.39, 0.29) is 12.1 Å². The first-order chi connectivity index (χ1) is 9.08. The third-order valence-corrected chi connectivity index (χ3v) is 3.96. The summed E-state index contributed by atoms with van der Waals surface area (Å²) >= 11 is 0. The Morgan fingerprint density at radius 3 is 2.68 bits per heavy atom. The first-order valence-electron chi connectivity index (χ1n) is 7.38. The fourth-order valence-electron chi connectivity index (χ4n) is 2.89. The summed E-state index contributed by atoms with van der Waals surface area (Å²) in [5, 5.41) is 0. The van der Waals surface area contributed by atoms with Crippen LogP contribution in [0.25, 0.3) is 0 Å². The molecule has 0 aliphatic heterocycles. The highest BCUT2D eigenvalue weighted by Crippen LogP contribution is 2.27. The molecule has 1 aliphatic rings. The number of benzene rings is 1. The van der Waals surface area contributed by atoms with Gasteiger partial charge in [0.2, 0.25) is 0 Å². The minimum Gasteiger partial charge on any atom is -0.459 e. The van der Waals surface area contributed by atoms with Crippen molar-refractivity contribution in [3.63, 3.8) is 0 Å². The number of carbonyl (C=O) groups is 1. The highest BCUT2D eigenvalue weighted by molar-refractivity contribution is 5.91. The highest BCUT2D eigenvalue weighted by Gasteiger charge is 2.24. The fourth-order valence-corrected chi connectivity index (χ4v) is 2.89. The largest absolute Gasteiger partial charge is 0.459 e. The SMILES string of the molecule is CC1CCCC(OC(=O)c2ccccc2C(C)C)C1. The zero-order valence-corrected chi connectivity index (χ0v) is 12.2. The van der Waals surface area contributed by atoms with Crippen LogP contribution in [0, 0.1) is 5.92 Å². The first kappa shape index (κ1) is 14.1. The molecule has 1 saturated carbocycles. The van der Waals surface area contributed by atoms with Gasteiger partial charge in [-0.25, -0.2) is 4.79 Å². The fraction of sp³-hybridized carbons (Fsp3) is 0.588. The van der Waals surface area contributed by atoms with E-state index in [0.29, 0.717) is 11.8 Å². The van der Waals surface area contributed by atoms with Crippen LogP contribution in [0.3, 0.4) is 0 Å². The van der Waals surface area contributed by atoms with Crippen LogP contribution in [-0.2, 0) is 4.74 Å². The van der Waals surface area contributed by atoms with Crippen molar-refractivity contribution < 1.29 is 9.53 Å². The van der Waals surface area contributed by atoms with E-state index in [1.54, 1.807) is 0 Å². The molecule has 2 rings (SSSR count). The summed E-state index contributed by atoms with van der Waals surface area (Å²) in [6.07, 6.45) is 4.56. The minimum absolute atomic E-state index is 0.108. The van der Waals surface area contributed by atoms with Crippen molar-refractivity contribution in [3.05, 3.63) is 35.4 Å². The van der Waals surface area contributed by atoms with Crippen LogP contribution < -0.4 is 0 Å². The molecule has 0 spiro atoms. The Hall–Kier alpha value is -1.31. The van der Waals surface area contributed by atoms with Gasteiger partial charge in [0.1, 0.15) is 6.10 Å². The summed E-state index contributed by atoms with van der Waals surface area (Å²) in [5.41, 5.74) is 1.81. The Morgan fingerprint density at radius 2 is 2.00 bits per heavy atom. The van der Waals surface area contributed by atoms with Crippen LogP contribution in [0.5, 0.6) is 0 Å². The van der Waals surface area contributed by atoms with Crippen LogP contribution in [-0.4, -0.2) is 12.1 Å². The van der Waals surface area contributed by atoms with Crippen LogP contribution in [0.4, 0.5) is 0 Å². The highest BCUT2D eigenvalue weighted by atomic mass is 16.5. The molecule has 0 bridgehead atoms. The molecule has 2 heteroatoms.